The van der Waals surface area contributed by atoms with Crippen LogP contribution in [0.1, 0.15) is 61.1 Å². The number of nitrogens with one attached hydrogen (secondary N) is 1. The number of benzene rings is 1. The molecule has 1 saturated heterocycles. The van der Waals surface area contributed by atoms with Gasteiger partial charge >= 0.3 is 5.97 Å². The van der Waals surface area contributed by atoms with Crippen molar-refractivity contribution in [3.63, 3.8) is 0 Å². The maximum atomic E-state index is 12.9. The van der Waals surface area contributed by atoms with Gasteiger partial charge in [0.05, 0.1) is 11.8 Å². The molecule has 2 aliphatic heterocycles. The van der Waals surface area contributed by atoms with E-state index in [0.29, 0.717) is 51.6 Å². The summed E-state index contributed by atoms with van der Waals surface area (Å²) in [5.41, 5.74) is 3.19. The topological polar surface area (TPSA) is 104 Å². The van der Waals surface area contributed by atoms with Crippen molar-refractivity contribution in [2.75, 3.05) is 6.54 Å². The lowest BCUT2D eigenvalue weighted by molar-refractivity contribution is -0.146. The van der Waals surface area contributed by atoms with Crippen molar-refractivity contribution >= 4 is 23.7 Å². The van der Waals surface area contributed by atoms with Gasteiger partial charge in [-0.25, -0.2) is 0 Å². The average Bonchev–Trinajstić information content (AvgIpc) is 2.72. The first-order valence-corrected chi connectivity index (χ1v) is 10.4. The summed E-state index contributed by atoms with van der Waals surface area (Å²) in [6.45, 7) is 1.20. The number of fused-ring (bicyclic) bond motifs is 1. The summed E-state index contributed by atoms with van der Waals surface area (Å²) in [6, 6.07) is 5.98. The Kier molecular flexibility index (Phi) is 5.39. The van der Waals surface area contributed by atoms with Crippen LogP contribution in [-0.2, 0) is 32.1 Å². The summed E-state index contributed by atoms with van der Waals surface area (Å²) >= 11 is 0. The zero-order valence-electron chi connectivity index (χ0n) is 16.4. The Morgan fingerprint density at radius 3 is 2.38 bits per heavy atom. The Bertz CT molecular complexity index is 857. The predicted octanol–water partition coefficient (Wildman–Crippen LogP) is 1.98. The van der Waals surface area contributed by atoms with Crippen molar-refractivity contribution in [2.24, 2.45) is 11.8 Å². The molecule has 1 aliphatic carbocycles. The Labute approximate surface area is 169 Å². The van der Waals surface area contributed by atoms with Gasteiger partial charge in [0.15, 0.2) is 0 Å². The Morgan fingerprint density at radius 1 is 0.966 bits per heavy atom. The minimum Gasteiger partial charge on any atom is -0.481 e. The number of carbonyl (C=O) groups is 4. The summed E-state index contributed by atoms with van der Waals surface area (Å²) in [6.07, 6.45) is 4.08. The molecular formula is C22H26N2O5. The fourth-order valence-corrected chi connectivity index (χ4v) is 4.83. The van der Waals surface area contributed by atoms with E-state index in [4.69, 9.17) is 5.11 Å². The third-order valence-electron chi connectivity index (χ3n) is 6.62. The van der Waals surface area contributed by atoms with Crippen molar-refractivity contribution in [3.8, 4) is 0 Å². The van der Waals surface area contributed by atoms with Gasteiger partial charge < -0.3 is 10.0 Å². The number of rotatable bonds is 3. The van der Waals surface area contributed by atoms with E-state index < -0.39 is 5.97 Å². The van der Waals surface area contributed by atoms with Crippen LogP contribution in [-0.4, -0.2) is 40.2 Å². The number of nitrogens with zero attached hydrogens (tertiary/aromatic N) is 1. The van der Waals surface area contributed by atoms with Crippen LogP contribution in [0.15, 0.2) is 18.2 Å². The number of carboxylic acids is 1. The molecule has 7 nitrogen and oxygen atoms in total. The van der Waals surface area contributed by atoms with Crippen molar-refractivity contribution in [3.05, 3.63) is 34.9 Å². The van der Waals surface area contributed by atoms with Crippen LogP contribution in [0.5, 0.6) is 0 Å². The van der Waals surface area contributed by atoms with Crippen LogP contribution in [0.2, 0.25) is 0 Å². The van der Waals surface area contributed by atoms with E-state index in [2.05, 4.69) is 11.4 Å². The van der Waals surface area contributed by atoms with Gasteiger partial charge in [0.1, 0.15) is 0 Å². The second-order valence-corrected chi connectivity index (χ2v) is 8.43. The maximum absolute atomic E-state index is 12.9. The number of amides is 3. The number of hydrogen-bond acceptors (Lipinski definition) is 4. The Hall–Kier alpha value is -2.70. The number of carboxylic acid groups (broad SMARTS) is 1. The van der Waals surface area contributed by atoms with E-state index >= 15 is 0 Å². The smallest absolute Gasteiger partial charge is 0.306 e. The number of piperidine rings is 1. The summed E-state index contributed by atoms with van der Waals surface area (Å²) < 4.78 is 0. The number of aliphatic carboxylic acids is 1. The number of imide groups is 1. The summed E-state index contributed by atoms with van der Waals surface area (Å²) in [5.74, 6) is -1.74. The molecule has 1 aromatic rings. The average molecular weight is 398 g/mol. The second-order valence-electron chi connectivity index (χ2n) is 8.43. The van der Waals surface area contributed by atoms with Gasteiger partial charge in [-0.15, -0.1) is 0 Å². The molecule has 1 unspecified atom stereocenters. The fraction of sp³-hybridized carbons (Fsp3) is 0.545. The highest BCUT2D eigenvalue weighted by molar-refractivity contribution is 6.00. The number of carbonyl (C=O) groups excluding carboxylic acids is 3. The van der Waals surface area contributed by atoms with E-state index in [1.165, 1.54) is 0 Å². The molecule has 2 heterocycles. The first-order valence-electron chi connectivity index (χ1n) is 10.4. The molecule has 2 fully saturated rings. The highest BCUT2D eigenvalue weighted by Gasteiger charge is 2.34. The highest BCUT2D eigenvalue weighted by Crippen LogP contribution is 2.33. The van der Waals surface area contributed by atoms with Crippen molar-refractivity contribution in [1.29, 1.82) is 0 Å². The quantitative estimate of drug-likeness (QED) is 0.758. The largest absolute Gasteiger partial charge is 0.481 e. The van der Waals surface area contributed by atoms with Crippen LogP contribution in [0.4, 0.5) is 0 Å². The Morgan fingerprint density at radius 2 is 1.69 bits per heavy atom. The zero-order chi connectivity index (χ0) is 20.5. The summed E-state index contributed by atoms with van der Waals surface area (Å²) in [5, 5.41) is 11.5. The Balaban J connectivity index is 1.40. The monoisotopic (exact) mass is 398 g/mol. The molecule has 0 aromatic heterocycles. The molecule has 2 N–H and O–H groups in total. The lowest BCUT2D eigenvalue weighted by atomic mass is 9.81. The molecule has 0 bridgehead atoms. The zero-order valence-corrected chi connectivity index (χ0v) is 16.4. The minimum absolute atomic E-state index is 0.0742. The third kappa shape index (κ3) is 4.04. The van der Waals surface area contributed by atoms with Gasteiger partial charge in [-0.05, 0) is 55.2 Å². The number of hydrogen-bond donors (Lipinski definition) is 2. The first kappa shape index (κ1) is 19.6. The molecule has 0 radical (unpaired) electrons. The molecule has 1 aromatic carbocycles. The maximum Gasteiger partial charge on any atom is 0.306 e. The predicted molar refractivity (Wildman–Crippen MR) is 104 cm³/mol. The van der Waals surface area contributed by atoms with Gasteiger partial charge in [-0.3, -0.25) is 24.5 Å². The second kappa shape index (κ2) is 7.97. The van der Waals surface area contributed by atoms with Crippen LogP contribution in [0.25, 0.3) is 0 Å². The SMILES string of the molecule is O=C1CCC(c2ccc3c(c2)CCN(C(=O)C2CCC(C(=O)O)CC2)C3)C(=O)N1. The van der Waals surface area contributed by atoms with Gasteiger partial charge in [0, 0.05) is 25.4 Å². The molecule has 0 spiro atoms. The van der Waals surface area contributed by atoms with Crippen molar-refractivity contribution < 1.29 is 24.3 Å². The lowest BCUT2D eigenvalue weighted by Gasteiger charge is -2.34. The van der Waals surface area contributed by atoms with E-state index in [-0.39, 0.29) is 35.5 Å². The van der Waals surface area contributed by atoms with E-state index in [9.17, 15) is 19.2 Å². The van der Waals surface area contributed by atoms with Gasteiger partial charge in [-0.1, -0.05) is 18.2 Å². The first-order chi connectivity index (χ1) is 13.9. The molecule has 29 heavy (non-hydrogen) atoms. The van der Waals surface area contributed by atoms with E-state index in [0.717, 1.165) is 23.1 Å². The van der Waals surface area contributed by atoms with Gasteiger partial charge in [-0.2, -0.15) is 0 Å². The van der Waals surface area contributed by atoms with E-state index in [1.54, 1.807) is 0 Å². The van der Waals surface area contributed by atoms with Crippen LogP contribution in [0, 0.1) is 11.8 Å². The minimum atomic E-state index is -0.755. The van der Waals surface area contributed by atoms with E-state index in [1.807, 2.05) is 17.0 Å². The van der Waals surface area contributed by atoms with Crippen LogP contribution >= 0.6 is 0 Å². The summed E-state index contributed by atoms with van der Waals surface area (Å²) in [7, 11) is 0. The molecule has 1 atom stereocenters. The fourth-order valence-electron chi connectivity index (χ4n) is 4.83. The highest BCUT2D eigenvalue weighted by atomic mass is 16.4. The van der Waals surface area contributed by atoms with Crippen molar-refractivity contribution in [1.82, 2.24) is 10.2 Å². The van der Waals surface area contributed by atoms with Gasteiger partial charge in [0.25, 0.3) is 0 Å². The molecule has 3 amide bonds. The summed E-state index contributed by atoms with van der Waals surface area (Å²) in [4.78, 5) is 49.4. The molecular weight excluding hydrogens is 372 g/mol. The molecule has 3 aliphatic rings. The molecule has 7 heteroatoms. The normalized spacial score (nSPS) is 27.2. The van der Waals surface area contributed by atoms with Gasteiger partial charge in [0.2, 0.25) is 17.7 Å². The molecule has 154 valence electrons. The van der Waals surface area contributed by atoms with Crippen molar-refractivity contribution in [2.45, 2.75) is 57.4 Å². The molecule has 4 rings (SSSR count). The third-order valence-corrected chi connectivity index (χ3v) is 6.62. The van der Waals surface area contributed by atoms with Crippen LogP contribution < -0.4 is 5.32 Å². The molecule has 1 saturated carbocycles. The standard InChI is InChI=1S/C22H26N2O5/c25-19-8-7-18(20(26)23-19)16-5-6-17-12-24(10-9-15(17)11-16)21(27)13-1-3-14(4-2-13)22(28)29/h5-6,11,13-14,18H,1-4,7-10,12H2,(H,28,29)(H,23,25,26). The van der Waals surface area contributed by atoms with Crippen LogP contribution in [0.3, 0.4) is 0 Å². The lowest BCUT2D eigenvalue weighted by Crippen LogP contribution is -2.41.